The molecule has 0 aliphatic rings. The molecule has 41 heavy (non-hydrogen) atoms. The number of allylic oxidation sites excluding steroid dienone is 5. The number of aliphatic hydroxyl groups is 3. The van der Waals surface area contributed by atoms with Gasteiger partial charge in [-0.25, -0.2) is 0 Å². The van der Waals surface area contributed by atoms with E-state index in [1.54, 1.807) is 6.08 Å². The molecule has 0 spiro atoms. The van der Waals surface area contributed by atoms with Crippen molar-refractivity contribution in [3.05, 3.63) is 36.5 Å². The number of carbonyl (C=O) groups excluding carboxylic acids is 1. The Morgan fingerprint density at radius 2 is 1.00 bits per heavy atom. The summed E-state index contributed by atoms with van der Waals surface area (Å²) in [7, 11) is 0. The first-order valence-electron chi connectivity index (χ1n) is 17.3. The van der Waals surface area contributed by atoms with Crippen molar-refractivity contribution in [1.82, 2.24) is 5.32 Å². The van der Waals surface area contributed by atoms with E-state index in [1.807, 2.05) is 6.08 Å². The molecule has 0 aliphatic heterocycles. The van der Waals surface area contributed by atoms with Gasteiger partial charge in [-0.1, -0.05) is 153 Å². The highest BCUT2D eigenvalue weighted by Crippen LogP contribution is 2.14. The van der Waals surface area contributed by atoms with Crippen LogP contribution < -0.4 is 5.32 Å². The van der Waals surface area contributed by atoms with Gasteiger partial charge in [0.05, 0.1) is 18.8 Å². The fourth-order valence-corrected chi connectivity index (χ4v) is 4.92. The first-order valence-corrected chi connectivity index (χ1v) is 17.3. The number of rotatable bonds is 30. The highest BCUT2D eigenvalue weighted by molar-refractivity contribution is 5.80. The molecule has 5 nitrogen and oxygen atoms in total. The summed E-state index contributed by atoms with van der Waals surface area (Å²) in [5.74, 6) is -0.520. The van der Waals surface area contributed by atoms with Crippen molar-refractivity contribution in [2.75, 3.05) is 6.61 Å². The molecule has 0 bridgehead atoms. The van der Waals surface area contributed by atoms with Crippen LogP contribution >= 0.6 is 0 Å². The van der Waals surface area contributed by atoms with Crippen LogP contribution in [0.4, 0.5) is 0 Å². The largest absolute Gasteiger partial charge is 0.394 e. The fourth-order valence-electron chi connectivity index (χ4n) is 4.92. The third-order valence-corrected chi connectivity index (χ3v) is 7.71. The Morgan fingerprint density at radius 3 is 1.49 bits per heavy atom. The Labute approximate surface area is 254 Å². The number of amides is 1. The van der Waals surface area contributed by atoms with Crippen molar-refractivity contribution >= 4 is 5.91 Å². The highest BCUT2D eigenvalue weighted by Gasteiger charge is 2.22. The van der Waals surface area contributed by atoms with Crippen LogP contribution in [0.3, 0.4) is 0 Å². The van der Waals surface area contributed by atoms with E-state index in [0.717, 1.165) is 44.9 Å². The van der Waals surface area contributed by atoms with Crippen molar-refractivity contribution < 1.29 is 20.1 Å². The average molecular weight is 578 g/mol. The Bertz CT molecular complexity index is 645. The lowest BCUT2D eigenvalue weighted by Crippen LogP contribution is -2.48. The number of nitrogens with one attached hydrogen (secondary N) is 1. The van der Waals surface area contributed by atoms with Crippen molar-refractivity contribution in [1.29, 1.82) is 0 Å². The van der Waals surface area contributed by atoms with E-state index in [9.17, 15) is 20.1 Å². The van der Waals surface area contributed by atoms with Crippen LogP contribution in [0.2, 0.25) is 0 Å². The molecule has 3 unspecified atom stereocenters. The molecule has 0 radical (unpaired) electrons. The predicted octanol–water partition coefficient (Wildman–Crippen LogP) is 8.87. The minimum atomic E-state index is -1.10. The summed E-state index contributed by atoms with van der Waals surface area (Å²) in [6.07, 6.45) is 37.2. The predicted molar refractivity (Wildman–Crippen MR) is 176 cm³/mol. The lowest BCUT2D eigenvalue weighted by atomic mass is 10.0. The van der Waals surface area contributed by atoms with Gasteiger partial charge in [0.25, 0.3) is 0 Å². The molecule has 4 N–H and O–H groups in total. The minimum absolute atomic E-state index is 0.380. The molecular weight excluding hydrogens is 510 g/mol. The van der Waals surface area contributed by atoms with Gasteiger partial charge in [0.1, 0.15) is 6.10 Å². The smallest absolute Gasteiger partial charge is 0.249 e. The minimum Gasteiger partial charge on any atom is -0.394 e. The molecule has 0 rings (SSSR count). The van der Waals surface area contributed by atoms with Crippen LogP contribution in [0.25, 0.3) is 0 Å². The second kappa shape index (κ2) is 31.5. The van der Waals surface area contributed by atoms with E-state index >= 15 is 0 Å². The van der Waals surface area contributed by atoms with Crippen molar-refractivity contribution in [3.8, 4) is 0 Å². The van der Waals surface area contributed by atoms with Gasteiger partial charge in [0, 0.05) is 0 Å². The maximum atomic E-state index is 12.3. The summed E-state index contributed by atoms with van der Waals surface area (Å²) >= 11 is 0. The molecule has 0 saturated carbocycles. The van der Waals surface area contributed by atoms with Gasteiger partial charge >= 0.3 is 0 Å². The van der Waals surface area contributed by atoms with Gasteiger partial charge in [0.15, 0.2) is 0 Å². The van der Waals surface area contributed by atoms with Gasteiger partial charge in [-0.15, -0.1) is 0 Å². The van der Waals surface area contributed by atoms with E-state index < -0.39 is 24.2 Å². The van der Waals surface area contributed by atoms with Crippen LogP contribution in [-0.2, 0) is 4.79 Å². The molecular formula is C36H67NO4. The van der Waals surface area contributed by atoms with Crippen LogP contribution in [0, 0.1) is 0 Å². The molecule has 240 valence electrons. The summed E-state index contributed by atoms with van der Waals surface area (Å²) in [4.78, 5) is 12.3. The monoisotopic (exact) mass is 578 g/mol. The van der Waals surface area contributed by atoms with Crippen LogP contribution in [-0.4, -0.2) is 46.1 Å². The molecule has 0 aromatic heterocycles. The second-order valence-corrected chi connectivity index (χ2v) is 11.7. The standard InChI is InChI=1S/C36H67NO4/c1-3-5-7-9-11-13-15-17-19-21-23-25-27-29-31-35(40)36(41)37-33(32-38)34(39)30-28-26-24-22-20-18-16-14-12-10-8-6-4-2/h12,14,20,22,28,30,33-35,38-40H,3-11,13,15-19,21,23-27,29,31-32H2,1-2H3,(H,37,41)/b14-12+,22-20+,30-28+. The lowest BCUT2D eigenvalue weighted by Gasteiger charge is -2.21. The molecule has 3 atom stereocenters. The van der Waals surface area contributed by atoms with Crippen LogP contribution in [0.15, 0.2) is 36.5 Å². The Kier molecular flexibility index (Phi) is 30.4. The van der Waals surface area contributed by atoms with E-state index in [4.69, 9.17) is 0 Å². The van der Waals surface area contributed by atoms with E-state index in [2.05, 4.69) is 43.5 Å². The Hall–Kier alpha value is -1.43. The average Bonchev–Trinajstić information content (AvgIpc) is 2.98. The Morgan fingerprint density at radius 1 is 0.585 bits per heavy atom. The van der Waals surface area contributed by atoms with E-state index in [0.29, 0.717) is 6.42 Å². The molecule has 1 amide bonds. The SMILES string of the molecule is CCCCC/C=C/CC/C=C/CC/C=C/C(O)C(CO)NC(=O)C(O)CCCCCCCCCCCCCCCC. The first kappa shape index (κ1) is 39.6. The zero-order valence-electron chi connectivity index (χ0n) is 26.9. The molecule has 0 aromatic rings. The van der Waals surface area contributed by atoms with Crippen LogP contribution in [0.5, 0.6) is 0 Å². The van der Waals surface area contributed by atoms with Gasteiger partial charge in [0.2, 0.25) is 5.91 Å². The quantitative estimate of drug-likeness (QED) is 0.0507. The molecule has 0 fully saturated rings. The number of aliphatic hydroxyl groups excluding tert-OH is 3. The molecule has 0 aromatic carbocycles. The van der Waals surface area contributed by atoms with Gasteiger partial charge in [-0.05, 0) is 44.9 Å². The summed E-state index contributed by atoms with van der Waals surface area (Å²) in [6.45, 7) is 4.10. The second-order valence-electron chi connectivity index (χ2n) is 11.7. The number of carbonyl (C=O) groups is 1. The lowest BCUT2D eigenvalue weighted by molar-refractivity contribution is -0.131. The summed E-state index contributed by atoms with van der Waals surface area (Å²) in [6, 6.07) is -0.815. The van der Waals surface area contributed by atoms with Crippen molar-refractivity contribution in [2.24, 2.45) is 0 Å². The fraction of sp³-hybridized carbons (Fsp3) is 0.806. The van der Waals surface area contributed by atoms with Gasteiger partial charge in [-0.2, -0.15) is 0 Å². The topological polar surface area (TPSA) is 89.8 Å². The zero-order valence-corrected chi connectivity index (χ0v) is 26.9. The Balaban J connectivity index is 3.84. The normalized spacial score (nSPS) is 14.4. The van der Waals surface area contributed by atoms with Crippen molar-refractivity contribution in [2.45, 2.75) is 180 Å². The highest BCUT2D eigenvalue weighted by atomic mass is 16.3. The van der Waals surface area contributed by atoms with Gasteiger partial charge in [-0.3, -0.25) is 4.79 Å². The van der Waals surface area contributed by atoms with E-state index in [-0.39, 0.29) is 6.61 Å². The molecule has 0 saturated heterocycles. The molecule has 5 heteroatoms. The maximum Gasteiger partial charge on any atom is 0.249 e. The molecule has 0 aliphatic carbocycles. The number of hydrogen-bond acceptors (Lipinski definition) is 4. The van der Waals surface area contributed by atoms with Crippen LogP contribution in [0.1, 0.15) is 162 Å². The summed E-state index contributed by atoms with van der Waals surface area (Å²) < 4.78 is 0. The number of hydrogen-bond donors (Lipinski definition) is 4. The van der Waals surface area contributed by atoms with Gasteiger partial charge < -0.3 is 20.6 Å². The third kappa shape index (κ3) is 27.2. The first-order chi connectivity index (χ1) is 20.1. The van der Waals surface area contributed by atoms with Crippen molar-refractivity contribution in [3.63, 3.8) is 0 Å². The maximum absolute atomic E-state index is 12.3. The number of unbranched alkanes of at least 4 members (excludes halogenated alkanes) is 18. The molecule has 0 heterocycles. The third-order valence-electron chi connectivity index (χ3n) is 7.71. The van der Waals surface area contributed by atoms with E-state index in [1.165, 1.54) is 96.3 Å². The summed E-state index contributed by atoms with van der Waals surface area (Å²) in [5.41, 5.74) is 0. The summed E-state index contributed by atoms with van der Waals surface area (Å²) in [5, 5.41) is 32.8. The zero-order chi connectivity index (χ0) is 30.2.